The minimum Gasteiger partial charge on any atom is -0.497 e. The van der Waals surface area contributed by atoms with Gasteiger partial charge in [-0.05, 0) is 42.0 Å². The Morgan fingerprint density at radius 1 is 1.00 bits per heavy atom. The lowest BCUT2D eigenvalue weighted by molar-refractivity contribution is -0.123. The first kappa shape index (κ1) is 18.4. The van der Waals surface area contributed by atoms with Crippen molar-refractivity contribution in [2.45, 2.75) is 19.0 Å². The Labute approximate surface area is 156 Å². The van der Waals surface area contributed by atoms with Gasteiger partial charge in [0, 0.05) is 0 Å². The normalized spacial score (nSPS) is 16.4. The fourth-order valence-corrected chi connectivity index (χ4v) is 2.97. The Balaban J connectivity index is 1.77. The van der Waals surface area contributed by atoms with Crippen molar-refractivity contribution in [3.63, 3.8) is 0 Å². The topological polar surface area (TPSA) is 88.5 Å². The number of carbonyl (C=O) groups is 2. The number of amides is 2. The first-order valence-electron chi connectivity index (χ1n) is 8.31. The lowest BCUT2D eigenvalue weighted by Gasteiger charge is -2.21. The zero-order chi connectivity index (χ0) is 19.4. The molecule has 0 bridgehead atoms. The van der Waals surface area contributed by atoms with Gasteiger partial charge in [-0.2, -0.15) is 0 Å². The van der Waals surface area contributed by atoms with Gasteiger partial charge in [0.2, 0.25) is 5.91 Å². The molecule has 2 amide bonds. The SMILES string of the molecule is COc1ccc(CN(N=O)[C@@H]2CC(=O)N(c3ccc(OC)cc3)C2=O)cc1. The summed E-state index contributed by atoms with van der Waals surface area (Å²) in [5.41, 5.74) is 1.21. The van der Waals surface area contributed by atoms with E-state index in [2.05, 4.69) is 5.29 Å². The summed E-state index contributed by atoms with van der Waals surface area (Å²) < 4.78 is 10.2. The molecule has 0 unspecified atom stereocenters. The standard InChI is InChI=1S/C19H19N3O5/c1-26-15-7-3-13(4-8-15)12-21(20-25)17-11-18(23)22(19(17)24)14-5-9-16(27-2)10-6-14/h3-10,17H,11-12H2,1-2H3/t17-/m1/s1. The number of methoxy groups -OCH3 is 2. The van der Waals surface area contributed by atoms with E-state index in [9.17, 15) is 14.5 Å². The second-order valence-corrected chi connectivity index (χ2v) is 6.01. The summed E-state index contributed by atoms with van der Waals surface area (Å²) in [7, 11) is 3.09. The molecular formula is C19H19N3O5. The van der Waals surface area contributed by atoms with Gasteiger partial charge in [-0.1, -0.05) is 12.1 Å². The van der Waals surface area contributed by atoms with Crippen LogP contribution in [0.25, 0.3) is 0 Å². The quantitative estimate of drug-likeness (QED) is 0.423. The average molecular weight is 369 g/mol. The van der Waals surface area contributed by atoms with E-state index in [0.717, 1.165) is 15.5 Å². The molecule has 0 radical (unpaired) electrons. The second kappa shape index (κ2) is 7.86. The van der Waals surface area contributed by atoms with Crippen LogP contribution in [0.5, 0.6) is 11.5 Å². The number of hydrogen-bond acceptors (Lipinski definition) is 6. The van der Waals surface area contributed by atoms with E-state index >= 15 is 0 Å². The van der Waals surface area contributed by atoms with Crippen molar-refractivity contribution in [1.82, 2.24) is 5.01 Å². The summed E-state index contributed by atoms with van der Waals surface area (Å²) in [5, 5.41) is 4.08. The van der Waals surface area contributed by atoms with Crippen LogP contribution in [0.2, 0.25) is 0 Å². The van der Waals surface area contributed by atoms with E-state index in [1.165, 1.54) is 7.11 Å². The molecule has 3 rings (SSSR count). The number of anilines is 1. The van der Waals surface area contributed by atoms with Gasteiger partial charge in [0.25, 0.3) is 5.91 Å². The third-order valence-corrected chi connectivity index (χ3v) is 4.42. The largest absolute Gasteiger partial charge is 0.497 e. The third kappa shape index (κ3) is 3.74. The van der Waals surface area contributed by atoms with Gasteiger partial charge in [0.15, 0.2) is 0 Å². The molecule has 2 aromatic carbocycles. The molecule has 8 nitrogen and oxygen atoms in total. The molecule has 27 heavy (non-hydrogen) atoms. The van der Waals surface area contributed by atoms with Crippen LogP contribution in [0.4, 0.5) is 5.69 Å². The number of hydrogen-bond donors (Lipinski definition) is 0. The van der Waals surface area contributed by atoms with Crippen LogP contribution in [0.3, 0.4) is 0 Å². The lowest BCUT2D eigenvalue weighted by Crippen LogP contribution is -2.39. The van der Waals surface area contributed by atoms with Gasteiger partial charge in [-0.25, -0.2) is 9.91 Å². The third-order valence-electron chi connectivity index (χ3n) is 4.42. The van der Waals surface area contributed by atoms with Crippen molar-refractivity contribution < 1.29 is 19.1 Å². The molecule has 1 aliphatic rings. The summed E-state index contributed by atoms with van der Waals surface area (Å²) in [6.45, 7) is 0.119. The van der Waals surface area contributed by atoms with Crippen molar-refractivity contribution >= 4 is 17.5 Å². The highest BCUT2D eigenvalue weighted by molar-refractivity contribution is 6.22. The van der Waals surface area contributed by atoms with Gasteiger partial charge in [-0.3, -0.25) is 9.59 Å². The monoisotopic (exact) mass is 369 g/mol. The van der Waals surface area contributed by atoms with Crippen LogP contribution in [0, 0.1) is 4.91 Å². The smallest absolute Gasteiger partial charge is 0.258 e. The Morgan fingerprint density at radius 3 is 2.07 bits per heavy atom. The maximum atomic E-state index is 12.8. The highest BCUT2D eigenvalue weighted by Crippen LogP contribution is 2.28. The fraction of sp³-hybridized carbons (Fsp3) is 0.263. The molecule has 8 heteroatoms. The molecule has 0 aromatic heterocycles. The number of imide groups is 1. The van der Waals surface area contributed by atoms with Crippen LogP contribution in [-0.4, -0.2) is 37.1 Å². The number of carbonyl (C=O) groups excluding carboxylic acids is 2. The number of rotatable bonds is 7. The first-order chi connectivity index (χ1) is 13.1. The van der Waals surface area contributed by atoms with Crippen LogP contribution in [-0.2, 0) is 16.1 Å². The van der Waals surface area contributed by atoms with Crippen molar-refractivity contribution in [2.24, 2.45) is 5.29 Å². The molecule has 0 N–H and O–H groups in total. The summed E-state index contributed by atoms with van der Waals surface area (Å²) in [6, 6.07) is 12.7. The van der Waals surface area contributed by atoms with E-state index in [1.807, 2.05) is 0 Å². The molecule has 0 aliphatic carbocycles. The van der Waals surface area contributed by atoms with Gasteiger partial charge in [0.1, 0.15) is 17.5 Å². The molecule has 1 fully saturated rings. The van der Waals surface area contributed by atoms with Crippen LogP contribution < -0.4 is 14.4 Å². The average Bonchev–Trinajstić information content (AvgIpc) is 3.00. The van der Waals surface area contributed by atoms with E-state index in [-0.39, 0.29) is 18.9 Å². The Kier molecular flexibility index (Phi) is 5.35. The van der Waals surface area contributed by atoms with Gasteiger partial charge in [0.05, 0.1) is 38.2 Å². The predicted molar refractivity (Wildman–Crippen MR) is 98.2 cm³/mol. The highest BCUT2D eigenvalue weighted by atomic mass is 16.5. The zero-order valence-electron chi connectivity index (χ0n) is 15.0. The minimum atomic E-state index is -0.931. The fourth-order valence-electron chi connectivity index (χ4n) is 2.97. The minimum absolute atomic E-state index is 0.104. The maximum absolute atomic E-state index is 12.8. The van der Waals surface area contributed by atoms with Crippen molar-refractivity contribution in [3.8, 4) is 11.5 Å². The van der Waals surface area contributed by atoms with E-state index in [1.54, 1.807) is 55.6 Å². The molecule has 0 saturated carbocycles. The number of nitroso groups, excluding NO2 is 1. The van der Waals surface area contributed by atoms with Crippen LogP contribution in [0.15, 0.2) is 53.8 Å². The molecule has 1 atom stereocenters. The van der Waals surface area contributed by atoms with Crippen LogP contribution in [0.1, 0.15) is 12.0 Å². The molecule has 0 spiro atoms. The predicted octanol–water partition coefficient (Wildman–Crippen LogP) is 2.52. The van der Waals surface area contributed by atoms with E-state index in [4.69, 9.17) is 9.47 Å². The van der Waals surface area contributed by atoms with Crippen molar-refractivity contribution in [3.05, 3.63) is 59.0 Å². The molecule has 140 valence electrons. The van der Waals surface area contributed by atoms with Crippen LogP contribution >= 0.6 is 0 Å². The molecule has 2 aromatic rings. The Morgan fingerprint density at radius 2 is 1.56 bits per heavy atom. The van der Waals surface area contributed by atoms with Crippen molar-refractivity contribution in [1.29, 1.82) is 0 Å². The molecular weight excluding hydrogens is 350 g/mol. The number of benzene rings is 2. The summed E-state index contributed by atoms with van der Waals surface area (Å²) in [5.74, 6) is 0.448. The summed E-state index contributed by atoms with van der Waals surface area (Å²) in [4.78, 5) is 37.6. The second-order valence-electron chi connectivity index (χ2n) is 6.01. The zero-order valence-corrected chi connectivity index (χ0v) is 15.0. The summed E-state index contributed by atoms with van der Waals surface area (Å²) in [6.07, 6.45) is -0.104. The molecule has 1 heterocycles. The number of nitrogens with zero attached hydrogens (tertiary/aromatic N) is 3. The number of ether oxygens (including phenoxy) is 2. The van der Waals surface area contributed by atoms with Gasteiger partial charge < -0.3 is 9.47 Å². The first-order valence-corrected chi connectivity index (χ1v) is 8.31. The van der Waals surface area contributed by atoms with E-state index < -0.39 is 11.9 Å². The van der Waals surface area contributed by atoms with E-state index in [0.29, 0.717) is 17.2 Å². The van der Waals surface area contributed by atoms with Gasteiger partial charge >= 0.3 is 0 Å². The molecule has 1 saturated heterocycles. The molecule has 1 aliphatic heterocycles. The Bertz CT molecular complexity index is 835. The maximum Gasteiger partial charge on any atom is 0.258 e. The Hall–Kier alpha value is -3.42. The van der Waals surface area contributed by atoms with Gasteiger partial charge in [-0.15, -0.1) is 4.91 Å². The lowest BCUT2D eigenvalue weighted by atomic mass is 10.1. The van der Waals surface area contributed by atoms with Crippen molar-refractivity contribution in [2.75, 3.05) is 19.1 Å². The summed E-state index contributed by atoms with van der Waals surface area (Å²) >= 11 is 0. The highest BCUT2D eigenvalue weighted by Gasteiger charge is 2.43.